The number of rotatable bonds is 9. The lowest BCUT2D eigenvalue weighted by atomic mass is 9.92. The summed E-state index contributed by atoms with van der Waals surface area (Å²) < 4.78 is 5.02. The van der Waals surface area contributed by atoms with Crippen molar-refractivity contribution in [1.29, 1.82) is 0 Å². The number of unbranched alkanes of at least 4 members (excludes halogenated alkanes) is 2. The normalized spacial score (nSPS) is 13.8. The van der Waals surface area contributed by atoms with E-state index in [1.54, 1.807) is 11.8 Å². The van der Waals surface area contributed by atoms with Crippen molar-refractivity contribution in [2.75, 3.05) is 25.7 Å². The molecule has 0 saturated heterocycles. The van der Waals surface area contributed by atoms with E-state index < -0.39 is 5.54 Å². The Balaban J connectivity index is 2.82. The van der Waals surface area contributed by atoms with Crippen LogP contribution >= 0.6 is 11.8 Å². The molecule has 0 aliphatic carbocycles. The summed E-state index contributed by atoms with van der Waals surface area (Å²) >= 11 is 1.80. The van der Waals surface area contributed by atoms with Gasteiger partial charge in [0.15, 0.2) is 5.54 Å². The maximum Gasteiger partial charge on any atom is 0.331 e. The van der Waals surface area contributed by atoms with E-state index in [0.29, 0.717) is 5.75 Å². The van der Waals surface area contributed by atoms with Gasteiger partial charge in [-0.3, -0.25) is 0 Å². The van der Waals surface area contributed by atoms with Crippen LogP contribution in [0.5, 0.6) is 0 Å². The Kier molecular flexibility index (Phi) is 7.70. The van der Waals surface area contributed by atoms with Crippen LogP contribution in [0.4, 0.5) is 0 Å². The van der Waals surface area contributed by atoms with Gasteiger partial charge < -0.3 is 10.1 Å². The topological polar surface area (TPSA) is 38.3 Å². The average Bonchev–Trinajstić information content (AvgIpc) is 2.51. The van der Waals surface area contributed by atoms with Crippen molar-refractivity contribution in [3.63, 3.8) is 0 Å². The van der Waals surface area contributed by atoms with E-state index in [9.17, 15) is 4.79 Å². The number of carbonyl (C=O) groups is 1. The molecule has 0 aliphatic rings. The summed E-state index contributed by atoms with van der Waals surface area (Å²) in [6, 6.07) is 9.80. The molecule has 0 heterocycles. The fourth-order valence-corrected chi connectivity index (χ4v) is 3.44. The number of benzene rings is 1. The number of nitrogens with one attached hydrogen (secondary N) is 1. The van der Waals surface area contributed by atoms with Crippen molar-refractivity contribution in [3.8, 4) is 0 Å². The minimum absolute atomic E-state index is 0.228. The molecular weight excluding hydrogens is 270 g/mol. The molecule has 0 amide bonds. The zero-order valence-electron chi connectivity index (χ0n) is 12.6. The second-order valence-electron chi connectivity index (χ2n) is 4.77. The van der Waals surface area contributed by atoms with Crippen LogP contribution in [0.1, 0.15) is 31.7 Å². The van der Waals surface area contributed by atoms with Gasteiger partial charge in [-0.05, 0) is 24.8 Å². The van der Waals surface area contributed by atoms with Crippen LogP contribution in [0.3, 0.4) is 0 Å². The number of hydrogen-bond acceptors (Lipinski definition) is 4. The molecule has 1 aromatic rings. The molecule has 1 N–H and O–H groups in total. The van der Waals surface area contributed by atoms with Crippen molar-refractivity contribution in [1.82, 2.24) is 5.32 Å². The minimum atomic E-state index is -0.757. The monoisotopic (exact) mass is 295 g/mol. The molecular formula is C16H25NO2S. The standard InChI is InChI=1S/C16H25NO2S/c1-4-5-9-12-20-13-16(17-2,15(18)19-3)14-10-7-6-8-11-14/h6-8,10-11,17H,4-5,9,12-13H2,1-3H3. The van der Waals surface area contributed by atoms with E-state index in [1.165, 1.54) is 26.4 Å². The summed E-state index contributed by atoms with van der Waals surface area (Å²) in [7, 11) is 3.26. The predicted octanol–water partition coefficient (Wildman–Crippen LogP) is 3.20. The molecule has 1 unspecified atom stereocenters. The third kappa shape index (κ3) is 4.25. The first-order chi connectivity index (χ1) is 9.71. The highest BCUT2D eigenvalue weighted by atomic mass is 32.2. The van der Waals surface area contributed by atoms with E-state index >= 15 is 0 Å². The number of hydrogen-bond donors (Lipinski definition) is 1. The molecule has 1 atom stereocenters. The third-order valence-electron chi connectivity index (χ3n) is 3.44. The van der Waals surface area contributed by atoms with Gasteiger partial charge in [0.05, 0.1) is 7.11 Å². The van der Waals surface area contributed by atoms with Gasteiger partial charge >= 0.3 is 5.97 Å². The van der Waals surface area contributed by atoms with Crippen molar-refractivity contribution in [2.24, 2.45) is 0 Å². The van der Waals surface area contributed by atoms with Crippen LogP contribution in [0.25, 0.3) is 0 Å². The molecule has 4 heteroatoms. The lowest BCUT2D eigenvalue weighted by Gasteiger charge is -2.30. The fraction of sp³-hybridized carbons (Fsp3) is 0.562. The summed E-state index contributed by atoms with van der Waals surface area (Å²) in [6.45, 7) is 2.20. The van der Waals surface area contributed by atoms with Crippen molar-refractivity contribution in [2.45, 2.75) is 31.7 Å². The molecule has 3 nitrogen and oxygen atoms in total. The Bertz CT molecular complexity index is 397. The van der Waals surface area contributed by atoms with Gasteiger partial charge in [0.2, 0.25) is 0 Å². The van der Waals surface area contributed by atoms with Crippen molar-refractivity contribution in [3.05, 3.63) is 35.9 Å². The van der Waals surface area contributed by atoms with Crippen LogP contribution < -0.4 is 5.32 Å². The minimum Gasteiger partial charge on any atom is -0.467 e. The first-order valence-corrected chi connectivity index (χ1v) is 8.27. The van der Waals surface area contributed by atoms with Gasteiger partial charge in [-0.25, -0.2) is 4.79 Å². The highest BCUT2D eigenvalue weighted by Gasteiger charge is 2.39. The molecule has 20 heavy (non-hydrogen) atoms. The SMILES string of the molecule is CCCCCSCC(NC)(C(=O)OC)c1ccccc1. The average molecular weight is 295 g/mol. The van der Waals surface area contributed by atoms with Gasteiger partial charge in [0.25, 0.3) is 0 Å². The maximum atomic E-state index is 12.3. The van der Waals surface area contributed by atoms with Gasteiger partial charge in [0.1, 0.15) is 0 Å². The van der Waals surface area contributed by atoms with Gasteiger partial charge in [-0.1, -0.05) is 50.1 Å². The third-order valence-corrected chi connectivity index (χ3v) is 4.65. The predicted molar refractivity (Wildman–Crippen MR) is 86.0 cm³/mol. The van der Waals surface area contributed by atoms with E-state index in [2.05, 4.69) is 12.2 Å². The number of methoxy groups -OCH3 is 1. The molecule has 1 rings (SSSR count). The molecule has 1 aromatic carbocycles. The molecule has 112 valence electrons. The molecule has 0 aromatic heterocycles. The van der Waals surface area contributed by atoms with Crippen LogP contribution in [0, 0.1) is 0 Å². The zero-order valence-corrected chi connectivity index (χ0v) is 13.5. The second kappa shape index (κ2) is 9.03. The van der Waals surface area contributed by atoms with Crippen LogP contribution in [-0.4, -0.2) is 31.6 Å². The smallest absolute Gasteiger partial charge is 0.331 e. The lowest BCUT2D eigenvalue weighted by Crippen LogP contribution is -2.50. The van der Waals surface area contributed by atoms with E-state index in [-0.39, 0.29) is 5.97 Å². The van der Waals surface area contributed by atoms with E-state index in [1.807, 2.05) is 37.4 Å². The number of ether oxygens (including phenoxy) is 1. The number of esters is 1. The van der Waals surface area contributed by atoms with Gasteiger partial charge in [-0.15, -0.1) is 0 Å². The lowest BCUT2D eigenvalue weighted by molar-refractivity contribution is -0.147. The van der Waals surface area contributed by atoms with Crippen LogP contribution in [-0.2, 0) is 15.1 Å². The van der Waals surface area contributed by atoms with Gasteiger partial charge in [0, 0.05) is 5.75 Å². The summed E-state index contributed by atoms with van der Waals surface area (Å²) in [4.78, 5) is 12.3. The van der Waals surface area contributed by atoms with Crippen molar-refractivity contribution >= 4 is 17.7 Å². The Morgan fingerprint density at radius 3 is 2.55 bits per heavy atom. The Morgan fingerprint density at radius 2 is 2.00 bits per heavy atom. The summed E-state index contributed by atoms with van der Waals surface area (Å²) in [5.74, 6) is 1.53. The molecule has 0 radical (unpaired) electrons. The van der Waals surface area contributed by atoms with Gasteiger partial charge in [-0.2, -0.15) is 11.8 Å². The Morgan fingerprint density at radius 1 is 1.30 bits per heavy atom. The molecule has 0 bridgehead atoms. The Labute approximate surface area is 126 Å². The quantitative estimate of drug-likeness (QED) is 0.561. The fourth-order valence-electron chi connectivity index (χ4n) is 2.15. The summed E-state index contributed by atoms with van der Waals surface area (Å²) in [5, 5.41) is 3.18. The highest BCUT2D eigenvalue weighted by Crippen LogP contribution is 2.27. The van der Waals surface area contributed by atoms with Crippen molar-refractivity contribution < 1.29 is 9.53 Å². The Hall–Kier alpha value is -1.00. The van der Waals surface area contributed by atoms with Crippen LogP contribution in [0.2, 0.25) is 0 Å². The van der Waals surface area contributed by atoms with Crippen LogP contribution in [0.15, 0.2) is 30.3 Å². The molecule has 0 saturated carbocycles. The highest BCUT2D eigenvalue weighted by molar-refractivity contribution is 7.99. The summed E-state index contributed by atoms with van der Waals surface area (Å²) in [6.07, 6.45) is 3.65. The molecule has 0 fully saturated rings. The number of thioether (sulfide) groups is 1. The number of likely N-dealkylation sites (N-methyl/N-ethyl adjacent to an activating group) is 1. The zero-order chi connectivity index (χ0) is 14.8. The molecule has 0 spiro atoms. The van der Waals surface area contributed by atoms with E-state index in [4.69, 9.17) is 4.74 Å². The first kappa shape index (κ1) is 17.1. The summed E-state index contributed by atoms with van der Waals surface area (Å²) in [5.41, 5.74) is 0.199. The maximum absolute atomic E-state index is 12.3. The first-order valence-electron chi connectivity index (χ1n) is 7.12. The second-order valence-corrected chi connectivity index (χ2v) is 5.88. The van der Waals surface area contributed by atoms with E-state index in [0.717, 1.165) is 11.3 Å². The largest absolute Gasteiger partial charge is 0.467 e. The number of carbonyl (C=O) groups excluding carboxylic acids is 1. The molecule has 0 aliphatic heterocycles.